The van der Waals surface area contributed by atoms with Gasteiger partial charge in [0.05, 0.1) is 15.5 Å². The molecule has 0 amide bonds. The second-order valence-electron chi connectivity index (χ2n) is 8.02. The van der Waals surface area contributed by atoms with E-state index in [2.05, 4.69) is 14.4 Å². The zero-order valence-electron chi connectivity index (χ0n) is 17.3. The largest absolute Gasteiger partial charge is 0.280 e. The number of aryl methyl sites for hydroxylation is 2. The number of hydrogen-bond donors (Lipinski definition) is 2. The van der Waals surface area contributed by atoms with E-state index in [4.69, 9.17) is 0 Å². The molecule has 0 spiro atoms. The van der Waals surface area contributed by atoms with Gasteiger partial charge in [-0.05, 0) is 80.0 Å². The quantitative estimate of drug-likeness (QED) is 0.709. The normalized spacial score (nSPS) is 17.2. The maximum absolute atomic E-state index is 12.9. The smallest absolute Gasteiger partial charge is 0.262 e. The number of nitrogens with one attached hydrogen (secondary N) is 2. The molecule has 7 nitrogen and oxygen atoms in total. The van der Waals surface area contributed by atoms with Crippen molar-refractivity contribution in [1.82, 2.24) is 4.72 Å². The molecule has 0 atom stereocenters. The van der Waals surface area contributed by atoms with E-state index in [9.17, 15) is 16.8 Å². The highest BCUT2D eigenvalue weighted by Crippen LogP contribution is 2.26. The lowest BCUT2D eigenvalue weighted by Gasteiger charge is -2.17. The Morgan fingerprint density at radius 3 is 2.23 bits per heavy atom. The fraction of sp³-hybridized carbons (Fsp3) is 0.409. The summed E-state index contributed by atoms with van der Waals surface area (Å²) in [6.45, 7) is 0.610. The molecule has 9 heteroatoms. The molecule has 2 aliphatic rings. The van der Waals surface area contributed by atoms with Gasteiger partial charge < -0.3 is 0 Å². The average molecular weight is 462 g/mol. The summed E-state index contributed by atoms with van der Waals surface area (Å²) in [6.07, 6.45) is 7.48. The average Bonchev–Trinajstić information content (AvgIpc) is 3.01. The first-order valence-corrected chi connectivity index (χ1v) is 13.6. The van der Waals surface area contributed by atoms with Crippen LogP contribution in [0.2, 0.25) is 0 Å². The Morgan fingerprint density at radius 1 is 0.677 bits per heavy atom. The topological polar surface area (TPSA) is 105 Å². The maximum Gasteiger partial charge on any atom is 0.262 e. The molecule has 0 saturated carbocycles. The van der Waals surface area contributed by atoms with Crippen LogP contribution in [-0.4, -0.2) is 29.2 Å². The fourth-order valence-electron chi connectivity index (χ4n) is 3.99. The summed E-state index contributed by atoms with van der Waals surface area (Å²) >= 11 is 0. The van der Waals surface area contributed by atoms with E-state index >= 15 is 0 Å². The number of sulfonamides is 2. The Bertz CT molecular complexity index is 1210. The molecule has 1 heterocycles. The third-order valence-electron chi connectivity index (χ3n) is 5.65. The van der Waals surface area contributed by atoms with Crippen LogP contribution in [0.1, 0.15) is 49.7 Å². The van der Waals surface area contributed by atoms with Crippen molar-refractivity contribution in [1.29, 1.82) is 0 Å². The Labute approximate surface area is 184 Å². The van der Waals surface area contributed by atoms with Crippen LogP contribution in [0.25, 0.3) is 0 Å². The lowest BCUT2D eigenvalue weighted by molar-refractivity contribution is 0.591. The van der Waals surface area contributed by atoms with Gasteiger partial charge in [0.1, 0.15) is 5.84 Å². The van der Waals surface area contributed by atoms with Gasteiger partial charge in [0.2, 0.25) is 0 Å². The highest BCUT2D eigenvalue weighted by molar-refractivity contribution is 7.92. The molecule has 31 heavy (non-hydrogen) atoms. The van der Waals surface area contributed by atoms with Gasteiger partial charge in [-0.25, -0.2) is 16.8 Å². The fourth-order valence-corrected chi connectivity index (χ4v) is 6.22. The summed E-state index contributed by atoms with van der Waals surface area (Å²) in [4.78, 5) is 4.48. The van der Waals surface area contributed by atoms with Crippen molar-refractivity contribution >= 4 is 31.6 Å². The van der Waals surface area contributed by atoms with Crippen molar-refractivity contribution in [2.75, 3.05) is 11.3 Å². The van der Waals surface area contributed by atoms with Crippen molar-refractivity contribution in [3.8, 4) is 0 Å². The predicted octanol–water partition coefficient (Wildman–Crippen LogP) is 3.62. The molecule has 1 aliphatic heterocycles. The van der Waals surface area contributed by atoms with Crippen LogP contribution in [-0.2, 0) is 32.9 Å². The molecular weight excluding hydrogens is 434 g/mol. The molecule has 4 rings (SSSR count). The van der Waals surface area contributed by atoms with Gasteiger partial charge in [-0.1, -0.05) is 18.6 Å². The number of nitrogens with zero attached hydrogens (tertiary/aromatic N) is 1. The first kappa shape index (κ1) is 21.8. The van der Waals surface area contributed by atoms with Gasteiger partial charge in [0, 0.05) is 13.0 Å². The highest BCUT2D eigenvalue weighted by atomic mass is 32.2. The number of anilines is 1. The summed E-state index contributed by atoms with van der Waals surface area (Å²) in [6, 6.07) is 11.0. The van der Waals surface area contributed by atoms with Gasteiger partial charge in [0.15, 0.2) is 0 Å². The van der Waals surface area contributed by atoms with Gasteiger partial charge >= 0.3 is 0 Å². The Morgan fingerprint density at radius 2 is 1.39 bits per heavy atom. The van der Waals surface area contributed by atoms with E-state index in [0.717, 1.165) is 50.5 Å². The Kier molecular flexibility index (Phi) is 6.34. The predicted molar refractivity (Wildman–Crippen MR) is 121 cm³/mol. The van der Waals surface area contributed by atoms with Crippen LogP contribution >= 0.6 is 0 Å². The minimum absolute atomic E-state index is 0.00918. The molecule has 0 radical (unpaired) electrons. The van der Waals surface area contributed by atoms with Crippen molar-refractivity contribution in [3.05, 3.63) is 53.6 Å². The SMILES string of the molecule is O=S(=O)(NC1=NCCCCC1)c1cccc(NS(=O)(=O)c2ccc3c(c2)CCCC3)c1. The molecule has 166 valence electrons. The summed E-state index contributed by atoms with van der Waals surface area (Å²) in [5.74, 6) is 0.456. The summed E-state index contributed by atoms with van der Waals surface area (Å²) in [5.41, 5.74) is 2.47. The first-order valence-electron chi connectivity index (χ1n) is 10.6. The highest BCUT2D eigenvalue weighted by Gasteiger charge is 2.21. The van der Waals surface area contributed by atoms with Crippen molar-refractivity contribution < 1.29 is 16.8 Å². The number of fused-ring (bicyclic) bond motifs is 1. The van der Waals surface area contributed by atoms with E-state index in [-0.39, 0.29) is 15.5 Å². The molecular formula is C22H27N3O4S2. The molecule has 2 aromatic rings. The molecule has 2 N–H and O–H groups in total. The second-order valence-corrected chi connectivity index (χ2v) is 11.4. The molecule has 1 aliphatic carbocycles. The van der Waals surface area contributed by atoms with Crippen molar-refractivity contribution in [2.45, 2.75) is 61.2 Å². The van der Waals surface area contributed by atoms with Crippen molar-refractivity contribution in [2.24, 2.45) is 4.99 Å². The maximum atomic E-state index is 12.9. The zero-order chi connectivity index (χ0) is 21.9. The summed E-state index contributed by atoms with van der Waals surface area (Å²) in [7, 11) is -7.68. The number of aliphatic imine (C=N–C) groups is 1. The number of rotatable bonds is 5. The minimum atomic E-state index is -3.85. The van der Waals surface area contributed by atoms with E-state index in [0.29, 0.717) is 18.8 Å². The standard InChI is InChI=1S/C22H27N3O4S2/c26-30(27,21-13-12-17-7-3-4-8-18(17)15-21)24-19-9-6-10-20(16-19)31(28,29)25-22-11-2-1-5-14-23-22/h6,9-10,12-13,15-16,24H,1-5,7-8,11,14H2,(H,23,25). The van der Waals surface area contributed by atoms with Gasteiger partial charge in [-0.15, -0.1) is 0 Å². The third-order valence-corrected chi connectivity index (χ3v) is 8.41. The second kappa shape index (κ2) is 9.00. The van der Waals surface area contributed by atoms with Crippen LogP contribution in [0.15, 0.2) is 57.2 Å². The first-order chi connectivity index (χ1) is 14.8. The van der Waals surface area contributed by atoms with E-state index in [1.807, 2.05) is 6.07 Å². The lowest BCUT2D eigenvalue weighted by Crippen LogP contribution is -2.30. The molecule has 0 unspecified atom stereocenters. The van der Waals surface area contributed by atoms with Gasteiger partial charge in [-0.3, -0.25) is 14.4 Å². The molecule has 0 saturated heterocycles. The van der Waals surface area contributed by atoms with Crippen LogP contribution < -0.4 is 9.44 Å². The molecule has 2 aromatic carbocycles. The third kappa shape index (κ3) is 5.27. The number of hydrogen-bond acceptors (Lipinski definition) is 5. The van der Waals surface area contributed by atoms with Gasteiger partial charge in [-0.2, -0.15) is 0 Å². The molecule has 0 fully saturated rings. The Hall–Kier alpha value is -2.39. The number of amidine groups is 1. The van der Waals surface area contributed by atoms with Crippen molar-refractivity contribution in [3.63, 3.8) is 0 Å². The molecule has 0 bridgehead atoms. The zero-order valence-corrected chi connectivity index (χ0v) is 18.9. The van der Waals surface area contributed by atoms with Crippen LogP contribution in [0.5, 0.6) is 0 Å². The lowest BCUT2D eigenvalue weighted by atomic mass is 9.92. The van der Waals surface area contributed by atoms with Crippen LogP contribution in [0.4, 0.5) is 5.69 Å². The minimum Gasteiger partial charge on any atom is -0.280 e. The van der Waals surface area contributed by atoms with E-state index < -0.39 is 20.0 Å². The monoisotopic (exact) mass is 461 g/mol. The van der Waals surface area contributed by atoms with Gasteiger partial charge in [0.25, 0.3) is 20.0 Å². The van der Waals surface area contributed by atoms with Crippen LogP contribution in [0.3, 0.4) is 0 Å². The van der Waals surface area contributed by atoms with Crippen LogP contribution in [0, 0.1) is 0 Å². The van der Waals surface area contributed by atoms with E-state index in [1.54, 1.807) is 12.1 Å². The summed E-state index contributed by atoms with van der Waals surface area (Å²) in [5, 5.41) is 0. The summed E-state index contributed by atoms with van der Waals surface area (Å²) < 4.78 is 56.5. The molecule has 0 aromatic heterocycles. The number of benzene rings is 2. The Balaban J connectivity index is 1.54. The van der Waals surface area contributed by atoms with E-state index in [1.165, 1.54) is 29.8 Å².